The van der Waals surface area contributed by atoms with Gasteiger partial charge in [-0.25, -0.2) is 9.37 Å². The molecule has 0 bridgehead atoms. The highest BCUT2D eigenvalue weighted by molar-refractivity contribution is 5.78. The van der Waals surface area contributed by atoms with Crippen molar-refractivity contribution in [2.45, 2.75) is 50.3 Å². The van der Waals surface area contributed by atoms with Crippen LogP contribution in [-0.4, -0.2) is 58.8 Å². The summed E-state index contributed by atoms with van der Waals surface area (Å²) < 4.78 is 37.9. The number of rotatable bonds is 7. The summed E-state index contributed by atoms with van der Waals surface area (Å²) in [5.74, 6) is 0.0298. The summed E-state index contributed by atoms with van der Waals surface area (Å²) in [6.45, 7) is 2.49. The third-order valence-corrected chi connectivity index (χ3v) is 8.45. The van der Waals surface area contributed by atoms with E-state index in [0.717, 1.165) is 34.4 Å². The van der Waals surface area contributed by atoms with Crippen molar-refractivity contribution in [1.82, 2.24) is 4.98 Å². The SMILES string of the molecule is Cc1nc(OC2COC3C(O)COC23)ccc1-c1ccc(F)c(COc2ccc3c(c2)CC2C(C(=O)O)C32)c1. The number of carboxylic acid groups (broad SMARTS) is 1. The number of aromatic nitrogens is 1. The minimum Gasteiger partial charge on any atom is -0.489 e. The largest absolute Gasteiger partial charge is 0.489 e. The van der Waals surface area contributed by atoms with E-state index in [9.17, 15) is 19.4 Å². The van der Waals surface area contributed by atoms with Gasteiger partial charge in [-0.1, -0.05) is 12.1 Å². The number of ether oxygens (including phenoxy) is 4. The molecule has 9 heteroatoms. The van der Waals surface area contributed by atoms with Gasteiger partial charge in [-0.05, 0) is 66.3 Å². The van der Waals surface area contributed by atoms with Gasteiger partial charge in [-0.2, -0.15) is 0 Å². The summed E-state index contributed by atoms with van der Waals surface area (Å²) in [7, 11) is 0. The minimum absolute atomic E-state index is 0.0623. The highest BCUT2D eigenvalue weighted by Crippen LogP contribution is 2.61. The summed E-state index contributed by atoms with van der Waals surface area (Å²) >= 11 is 0. The van der Waals surface area contributed by atoms with Crippen LogP contribution in [0, 0.1) is 24.6 Å². The number of carboxylic acids is 1. The fraction of sp³-hybridized carbons (Fsp3) is 0.400. The Morgan fingerprint density at radius 2 is 1.95 bits per heavy atom. The smallest absolute Gasteiger partial charge is 0.307 e. The maximum atomic E-state index is 14.7. The lowest BCUT2D eigenvalue weighted by Crippen LogP contribution is -2.34. The van der Waals surface area contributed by atoms with Gasteiger partial charge in [0.1, 0.15) is 36.5 Å². The van der Waals surface area contributed by atoms with Crippen LogP contribution in [0.25, 0.3) is 11.1 Å². The molecule has 1 aromatic heterocycles. The van der Waals surface area contributed by atoms with E-state index < -0.39 is 12.1 Å². The second-order valence-electron chi connectivity index (χ2n) is 10.8. The number of aryl methyl sites for hydroxylation is 1. The first-order chi connectivity index (χ1) is 18.9. The molecule has 2 N–H and O–H groups in total. The number of carbonyl (C=O) groups is 1. The zero-order valence-corrected chi connectivity index (χ0v) is 21.2. The zero-order chi connectivity index (χ0) is 26.8. The molecule has 3 aromatic rings. The van der Waals surface area contributed by atoms with E-state index in [4.69, 9.17) is 18.9 Å². The molecule has 2 aliphatic heterocycles. The number of aliphatic hydroxyl groups excluding tert-OH is 1. The predicted molar refractivity (Wildman–Crippen MR) is 136 cm³/mol. The molecule has 1 saturated carbocycles. The van der Waals surface area contributed by atoms with Crippen molar-refractivity contribution in [1.29, 1.82) is 0 Å². The second-order valence-corrected chi connectivity index (χ2v) is 10.8. The first kappa shape index (κ1) is 24.5. The van der Waals surface area contributed by atoms with Gasteiger partial charge in [-0.15, -0.1) is 0 Å². The van der Waals surface area contributed by atoms with Gasteiger partial charge in [0.2, 0.25) is 5.88 Å². The first-order valence-electron chi connectivity index (χ1n) is 13.2. The summed E-state index contributed by atoms with van der Waals surface area (Å²) in [5, 5.41) is 19.3. The zero-order valence-electron chi connectivity index (χ0n) is 21.2. The highest BCUT2D eigenvalue weighted by Gasteiger charge is 2.59. The van der Waals surface area contributed by atoms with Crippen LogP contribution in [0.4, 0.5) is 4.39 Å². The van der Waals surface area contributed by atoms with E-state index in [1.807, 2.05) is 31.2 Å². The normalized spacial score (nSPS) is 30.0. The third kappa shape index (κ3) is 4.25. The van der Waals surface area contributed by atoms with E-state index in [1.54, 1.807) is 18.2 Å². The third-order valence-electron chi connectivity index (χ3n) is 8.45. The van der Waals surface area contributed by atoms with Crippen LogP contribution in [-0.2, 0) is 27.3 Å². The predicted octanol–water partition coefficient (Wildman–Crippen LogP) is 3.65. The summed E-state index contributed by atoms with van der Waals surface area (Å²) in [6, 6.07) is 14.3. The average Bonchev–Trinajstić information content (AvgIpc) is 3.16. The van der Waals surface area contributed by atoms with Crippen LogP contribution in [0.2, 0.25) is 0 Å². The quantitative estimate of drug-likeness (QED) is 0.474. The van der Waals surface area contributed by atoms with Crippen molar-refractivity contribution in [2.75, 3.05) is 13.2 Å². The second kappa shape index (κ2) is 9.29. The Labute approximate surface area is 224 Å². The van der Waals surface area contributed by atoms with E-state index >= 15 is 0 Å². The standard InChI is InChI=1S/C30H28FNO7/c1-14-19(5-7-25(32-14)39-24-13-38-28-23(33)12-37-29(24)28)15-2-6-22(31)17(8-15)11-36-18-3-4-20-16(9-18)10-21-26(20)27(21)30(34)35/h2-9,21,23-24,26-29,33H,10-13H2,1H3,(H,34,35). The molecule has 2 aromatic carbocycles. The first-order valence-corrected chi connectivity index (χ1v) is 13.2. The molecule has 2 aliphatic carbocycles. The van der Waals surface area contributed by atoms with Crippen molar-refractivity contribution in [3.63, 3.8) is 0 Å². The highest BCUT2D eigenvalue weighted by atomic mass is 19.1. The molecule has 7 atom stereocenters. The van der Waals surface area contributed by atoms with Crippen LogP contribution in [0.15, 0.2) is 48.5 Å². The van der Waals surface area contributed by atoms with Crippen molar-refractivity contribution in [3.8, 4) is 22.8 Å². The molecule has 0 amide bonds. The summed E-state index contributed by atoms with van der Waals surface area (Å²) in [6.07, 6.45) is -0.935. The Bertz CT molecular complexity index is 1460. The summed E-state index contributed by atoms with van der Waals surface area (Å²) in [4.78, 5) is 15.9. The van der Waals surface area contributed by atoms with E-state index in [1.165, 1.54) is 6.07 Å². The number of aliphatic carboxylic acids is 1. The Hall–Kier alpha value is -3.53. The van der Waals surface area contributed by atoms with Crippen molar-refractivity contribution >= 4 is 5.97 Å². The minimum atomic E-state index is -0.722. The number of benzene rings is 2. The fourth-order valence-corrected chi connectivity index (χ4v) is 6.44. The lowest BCUT2D eigenvalue weighted by molar-refractivity contribution is -0.139. The number of halogens is 1. The monoisotopic (exact) mass is 533 g/mol. The average molecular weight is 534 g/mol. The van der Waals surface area contributed by atoms with Crippen LogP contribution < -0.4 is 9.47 Å². The Balaban J connectivity index is 1.03. The number of hydrogen-bond acceptors (Lipinski definition) is 7. The Morgan fingerprint density at radius 1 is 1.10 bits per heavy atom. The lowest BCUT2D eigenvalue weighted by Gasteiger charge is -2.18. The number of hydrogen-bond donors (Lipinski definition) is 2. The van der Waals surface area contributed by atoms with E-state index in [2.05, 4.69) is 4.98 Å². The molecule has 3 heterocycles. The summed E-state index contributed by atoms with van der Waals surface area (Å²) in [5.41, 5.74) is 5.03. The van der Waals surface area contributed by atoms with E-state index in [-0.39, 0.29) is 55.1 Å². The number of nitrogens with zero attached hydrogens (tertiary/aromatic N) is 1. The van der Waals surface area contributed by atoms with Crippen LogP contribution >= 0.6 is 0 Å². The maximum absolute atomic E-state index is 14.7. The number of pyridine rings is 1. The van der Waals surface area contributed by atoms with Crippen LogP contribution in [0.3, 0.4) is 0 Å². The van der Waals surface area contributed by atoms with Gasteiger partial charge in [0.05, 0.1) is 19.1 Å². The molecule has 4 aliphatic rings. The van der Waals surface area contributed by atoms with Gasteiger partial charge in [0.15, 0.2) is 6.10 Å². The topological polar surface area (TPSA) is 107 Å². The Kier molecular flexibility index (Phi) is 5.84. The fourth-order valence-electron chi connectivity index (χ4n) is 6.44. The van der Waals surface area contributed by atoms with Crippen molar-refractivity contribution < 1.29 is 38.3 Å². The molecular weight excluding hydrogens is 505 g/mol. The van der Waals surface area contributed by atoms with Gasteiger partial charge in [0.25, 0.3) is 0 Å². The van der Waals surface area contributed by atoms with E-state index in [0.29, 0.717) is 23.8 Å². The molecule has 0 radical (unpaired) electrons. The number of aliphatic hydroxyl groups is 1. The van der Waals surface area contributed by atoms with Crippen LogP contribution in [0.1, 0.15) is 28.3 Å². The molecule has 7 unspecified atom stereocenters. The maximum Gasteiger partial charge on any atom is 0.307 e. The lowest BCUT2D eigenvalue weighted by atomic mass is 10.0. The van der Waals surface area contributed by atoms with Crippen molar-refractivity contribution in [3.05, 3.63) is 76.7 Å². The van der Waals surface area contributed by atoms with Gasteiger partial charge in [0, 0.05) is 28.8 Å². The molecule has 7 rings (SSSR count). The van der Waals surface area contributed by atoms with Gasteiger partial charge >= 0.3 is 5.97 Å². The number of fused-ring (bicyclic) bond motifs is 4. The van der Waals surface area contributed by atoms with Gasteiger partial charge in [-0.3, -0.25) is 4.79 Å². The van der Waals surface area contributed by atoms with Crippen LogP contribution in [0.5, 0.6) is 11.6 Å². The molecular formula is C30H28FNO7. The molecule has 3 fully saturated rings. The molecule has 39 heavy (non-hydrogen) atoms. The molecule has 202 valence electrons. The Morgan fingerprint density at radius 3 is 2.77 bits per heavy atom. The molecule has 8 nitrogen and oxygen atoms in total. The van der Waals surface area contributed by atoms with Gasteiger partial charge < -0.3 is 29.2 Å². The molecule has 2 saturated heterocycles. The molecule has 0 spiro atoms. The van der Waals surface area contributed by atoms with Crippen molar-refractivity contribution in [2.24, 2.45) is 11.8 Å².